The summed E-state index contributed by atoms with van der Waals surface area (Å²) in [6.07, 6.45) is 2.22. The molecule has 1 N–H and O–H groups in total. The zero-order chi connectivity index (χ0) is 12.5. The normalized spacial score (nSPS) is 16.6. The number of hydrogen-bond acceptors (Lipinski definition) is 3. The maximum absolute atomic E-state index is 10.3. The fourth-order valence-electron chi connectivity index (χ4n) is 1.92. The Morgan fingerprint density at radius 1 is 1.22 bits per heavy atom. The molecule has 94 valence electrons. The third-order valence-corrected chi connectivity index (χ3v) is 4.24. The first-order valence-corrected chi connectivity index (χ1v) is 7.10. The molecule has 0 saturated heterocycles. The van der Waals surface area contributed by atoms with Crippen LogP contribution in [0.2, 0.25) is 0 Å². The second-order valence-corrected chi connectivity index (χ2v) is 5.70. The van der Waals surface area contributed by atoms with Crippen LogP contribution in [0.3, 0.4) is 0 Å². The van der Waals surface area contributed by atoms with Crippen molar-refractivity contribution in [1.29, 1.82) is 0 Å². The zero-order valence-electron chi connectivity index (χ0n) is 10.3. The molecule has 0 radical (unpaired) electrons. The van der Waals surface area contributed by atoms with Gasteiger partial charge in [-0.15, -0.1) is 11.3 Å². The van der Waals surface area contributed by atoms with Crippen molar-refractivity contribution in [2.24, 2.45) is 0 Å². The molecule has 1 heterocycles. The Kier molecular flexibility index (Phi) is 3.10. The van der Waals surface area contributed by atoms with Gasteiger partial charge in [0.25, 0.3) is 0 Å². The number of aliphatic hydroxyl groups is 1. The summed E-state index contributed by atoms with van der Waals surface area (Å²) < 4.78 is 5.70. The molecule has 0 spiro atoms. The van der Waals surface area contributed by atoms with Gasteiger partial charge in [0.05, 0.1) is 6.10 Å². The van der Waals surface area contributed by atoms with E-state index in [0.717, 1.165) is 21.8 Å². The van der Waals surface area contributed by atoms with Gasteiger partial charge in [-0.1, -0.05) is 12.1 Å². The molecule has 1 aromatic heterocycles. The molecule has 3 rings (SSSR count). The Morgan fingerprint density at radius 3 is 2.50 bits per heavy atom. The molecule has 1 aliphatic rings. The van der Waals surface area contributed by atoms with Gasteiger partial charge in [0.15, 0.2) is 0 Å². The van der Waals surface area contributed by atoms with E-state index in [-0.39, 0.29) is 0 Å². The van der Waals surface area contributed by atoms with Crippen molar-refractivity contribution in [1.82, 2.24) is 0 Å². The number of aliphatic hydroxyl groups excluding tert-OH is 1. The first-order chi connectivity index (χ1) is 8.74. The number of hydrogen-bond donors (Lipinski definition) is 1. The third-order valence-electron chi connectivity index (χ3n) is 3.17. The number of benzene rings is 1. The number of thiophene rings is 1. The topological polar surface area (TPSA) is 29.5 Å². The molecule has 1 unspecified atom stereocenters. The minimum atomic E-state index is -0.528. The Labute approximate surface area is 111 Å². The predicted octanol–water partition coefficient (Wildman–Crippen LogP) is 3.68. The lowest BCUT2D eigenvalue weighted by Crippen LogP contribution is -2.00. The summed E-state index contributed by atoms with van der Waals surface area (Å²) in [6, 6.07) is 9.82. The maximum atomic E-state index is 10.3. The van der Waals surface area contributed by atoms with Crippen LogP contribution in [0.15, 0.2) is 35.7 Å². The quantitative estimate of drug-likeness (QED) is 0.908. The summed E-state index contributed by atoms with van der Waals surface area (Å²) >= 11 is 1.60. The second-order valence-electron chi connectivity index (χ2n) is 4.76. The lowest BCUT2D eigenvalue weighted by atomic mass is 10.1. The fraction of sp³-hybridized carbons (Fsp3) is 0.333. The summed E-state index contributed by atoms with van der Waals surface area (Å²) in [4.78, 5) is 1.02. The Bertz CT molecular complexity index is 526. The monoisotopic (exact) mass is 260 g/mol. The Balaban J connectivity index is 1.77. The second kappa shape index (κ2) is 4.75. The van der Waals surface area contributed by atoms with Gasteiger partial charge >= 0.3 is 0 Å². The molecule has 1 aromatic carbocycles. The van der Waals surface area contributed by atoms with Crippen LogP contribution in [-0.2, 0) is 0 Å². The van der Waals surface area contributed by atoms with Crippen LogP contribution in [0.1, 0.15) is 34.9 Å². The molecule has 3 heteroatoms. The summed E-state index contributed by atoms with van der Waals surface area (Å²) in [6.45, 7) is 2.03. The van der Waals surface area contributed by atoms with Crippen LogP contribution in [0.4, 0.5) is 0 Å². The van der Waals surface area contributed by atoms with Crippen molar-refractivity contribution in [3.63, 3.8) is 0 Å². The van der Waals surface area contributed by atoms with E-state index in [2.05, 4.69) is 0 Å². The van der Waals surface area contributed by atoms with Crippen LogP contribution < -0.4 is 4.74 Å². The largest absolute Gasteiger partial charge is 0.490 e. The first kappa shape index (κ1) is 11.8. The first-order valence-electron chi connectivity index (χ1n) is 6.23. The van der Waals surface area contributed by atoms with Gasteiger partial charge in [-0.2, -0.15) is 0 Å². The molecule has 2 aromatic rings. The van der Waals surface area contributed by atoms with Crippen LogP contribution in [0, 0.1) is 6.92 Å². The molecule has 1 fully saturated rings. The molecule has 1 saturated carbocycles. The molecule has 0 amide bonds. The molecular formula is C15H16O2S. The van der Waals surface area contributed by atoms with E-state index in [4.69, 9.17) is 4.74 Å². The highest BCUT2D eigenvalue weighted by Gasteiger charge is 2.23. The minimum Gasteiger partial charge on any atom is -0.490 e. The molecule has 18 heavy (non-hydrogen) atoms. The van der Waals surface area contributed by atoms with Crippen molar-refractivity contribution >= 4 is 11.3 Å². The van der Waals surface area contributed by atoms with Gasteiger partial charge in [-0.3, -0.25) is 0 Å². The van der Waals surface area contributed by atoms with E-state index in [1.807, 2.05) is 42.6 Å². The molecule has 1 atom stereocenters. The summed E-state index contributed by atoms with van der Waals surface area (Å²) in [5, 5.41) is 12.3. The van der Waals surface area contributed by atoms with Gasteiger partial charge in [0, 0.05) is 4.88 Å². The van der Waals surface area contributed by atoms with Gasteiger partial charge in [0.1, 0.15) is 11.9 Å². The molecular weight excluding hydrogens is 244 g/mol. The average Bonchev–Trinajstić information content (AvgIpc) is 3.09. The highest BCUT2D eigenvalue weighted by atomic mass is 32.1. The third kappa shape index (κ3) is 2.42. The van der Waals surface area contributed by atoms with Crippen molar-refractivity contribution in [3.05, 3.63) is 51.7 Å². The van der Waals surface area contributed by atoms with Crippen molar-refractivity contribution in [3.8, 4) is 5.75 Å². The van der Waals surface area contributed by atoms with Crippen LogP contribution in [0.25, 0.3) is 0 Å². The lowest BCUT2D eigenvalue weighted by molar-refractivity contribution is 0.223. The van der Waals surface area contributed by atoms with E-state index in [1.54, 1.807) is 11.3 Å². The minimum absolute atomic E-state index is 0.417. The SMILES string of the molecule is Cc1ccsc1C(O)c1ccc(OC2CC2)cc1. The summed E-state index contributed by atoms with van der Waals surface area (Å²) in [5.74, 6) is 0.899. The van der Waals surface area contributed by atoms with E-state index in [1.165, 1.54) is 12.8 Å². The zero-order valence-corrected chi connectivity index (χ0v) is 11.1. The average molecular weight is 260 g/mol. The maximum Gasteiger partial charge on any atom is 0.119 e. The summed E-state index contributed by atoms with van der Waals surface area (Å²) in [7, 11) is 0. The highest BCUT2D eigenvalue weighted by Crippen LogP contribution is 2.31. The van der Waals surface area contributed by atoms with Gasteiger partial charge in [-0.25, -0.2) is 0 Å². The fourth-order valence-corrected chi connectivity index (χ4v) is 2.86. The molecule has 2 nitrogen and oxygen atoms in total. The van der Waals surface area contributed by atoms with Crippen molar-refractivity contribution in [2.75, 3.05) is 0 Å². The lowest BCUT2D eigenvalue weighted by Gasteiger charge is -2.11. The molecule has 0 bridgehead atoms. The van der Waals surface area contributed by atoms with Crippen molar-refractivity contribution < 1.29 is 9.84 Å². The highest BCUT2D eigenvalue weighted by molar-refractivity contribution is 7.10. The Hall–Kier alpha value is -1.32. The number of aryl methyl sites for hydroxylation is 1. The smallest absolute Gasteiger partial charge is 0.119 e. The molecule has 1 aliphatic carbocycles. The van der Waals surface area contributed by atoms with E-state index in [0.29, 0.717) is 6.10 Å². The van der Waals surface area contributed by atoms with Gasteiger partial charge in [-0.05, 0) is 54.5 Å². The van der Waals surface area contributed by atoms with Crippen LogP contribution >= 0.6 is 11.3 Å². The van der Waals surface area contributed by atoms with Gasteiger partial charge < -0.3 is 9.84 Å². The van der Waals surface area contributed by atoms with Gasteiger partial charge in [0.2, 0.25) is 0 Å². The Morgan fingerprint density at radius 2 is 1.94 bits per heavy atom. The van der Waals surface area contributed by atoms with Crippen LogP contribution in [0.5, 0.6) is 5.75 Å². The number of ether oxygens (including phenoxy) is 1. The summed E-state index contributed by atoms with van der Waals surface area (Å²) in [5.41, 5.74) is 2.06. The van der Waals surface area contributed by atoms with E-state index < -0.39 is 6.10 Å². The van der Waals surface area contributed by atoms with E-state index in [9.17, 15) is 5.11 Å². The van der Waals surface area contributed by atoms with Crippen LogP contribution in [-0.4, -0.2) is 11.2 Å². The van der Waals surface area contributed by atoms with E-state index >= 15 is 0 Å². The molecule has 0 aliphatic heterocycles. The number of rotatable bonds is 4. The van der Waals surface area contributed by atoms with Crippen molar-refractivity contribution in [2.45, 2.75) is 32.0 Å². The standard InChI is InChI=1S/C15H16O2S/c1-10-8-9-18-15(10)14(16)11-2-4-12(5-3-11)17-13-6-7-13/h2-5,8-9,13-14,16H,6-7H2,1H3. The predicted molar refractivity (Wildman–Crippen MR) is 73.2 cm³/mol.